The van der Waals surface area contributed by atoms with Crippen LogP contribution in [0.15, 0.2) is 0 Å². The molecule has 76 valence electrons. The third kappa shape index (κ3) is 5.61. The van der Waals surface area contributed by atoms with Gasteiger partial charge >= 0.3 is 41.5 Å². The molecule has 0 saturated heterocycles. The molecule has 0 amide bonds. The van der Waals surface area contributed by atoms with Crippen LogP contribution in [-0.4, -0.2) is 66.9 Å². The zero-order valence-electron chi connectivity index (χ0n) is 6.68. The van der Waals surface area contributed by atoms with E-state index >= 15 is 0 Å². The van der Waals surface area contributed by atoms with Crippen LogP contribution in [0.1, 0.15) is 13.3 Å². The summed E-state index contributed by atoms with van der Waals surface area (Å²) in [4.78, 5) is 28.5. The zero-order valence-corrected chi connectivity index (χ0v) is 7.50. The molecule has 0 aromatic carbocycles. The van der Waals surface area contributed by atoms with Gasteiger partial charge in [0, 0.05) is 6.92 Å². The molecule has 0 rings (SSSR count). The quantitative estimate of drug-likeness (QED) is 0.415. The number of hydrogen-bond donors (Lipinski definition) is 3. The van der Waals surface area contributed by atoms with Crippen molar-refractivity contribution in [2.45, 2.75) is 18.3 Å². The Kier molecular flexibility index (Phi) is 7.49. The van der Waals surface area contributed by atoms with E-state index in [1.807, 2.05) is 0 Å². The number of hydrogen-bond acceptors (Lipinski definition) is 5. The van der Waals surface area contributed by atoms with Crippen LogP contribution in [0.4, 0.5) is 0 Å². The standard InChI is InChI=1S/C6H8O6S.Na.H/c1-3(7)13-6(12,5(10)11)2-4(8)9;;/h12H,2H2,1H3,(H,8,9)(H,10,11);;. The van der Waals surface area contributed by atoms with Crippen LogP contribution in [0.2, 0.25) is 0 Å². The van der Waals surface area contributed by atoms with Gasteiger partial charge in [-0.25, -0.2) is 4.79 Å². The van der Waals surface area contributed by atoms with Crippen molar-refractivity contribution in [2.75, 3.05) is 0 Å². The third-order valence-electron chi connectivity index (χ3n) is 1.04. The van der Waals surface area contributed by atoms with Gasteiger partial charge in [-0.2, -0.15) is 0 Å². The Labute approximate surface area is 106 Å². The number of thioether (sulfide) groups is 1. The number of carbonyl (C=O) groups is 3. The van der Waals surface area contributed by atoms with Gasteiger partial charge in [0.1, 0.15) is 0 Å². The van der Waals surface area contributed by atoms with Gasteiger partial charge in [-0.1, -0.05) is 0 Å². The first-order chi connectivity index (χ1) is 5.78. The maximum atomic E-state index is 10.5. The van der Waals surface area contributed by atoms with Gasteiger partial charge in [-0.05, 0) is 11.8 Å². The summed E-state index contributed by atoms with van der Waals surface area (Å²) in [5.74, 6) is -3.23. The number of carboxylic acids is 2. The van der Waals surface area contributed by atoms with Gasteiger partial charge < -0.3 is 15.3 Å². The summed E-state index contributed by atoms with van der Waals surface area (Å²) in [6, 6.07) is 0. The number of carbonyl (C=O) groups excluding carboxylic acids is 1. The minimum absolute atomic E-state index is 0. The molecular formula is C6H9NaO6S. The Morgan fingerprint density at radius 2 is 1.71 bits per heavy atom. The van der Waals surface area contributed by atoms with Gasteiger partial charge in [-0.15, -0.1) is 0 Å². The van der Waals surface area contributed by atoms with E-state index in [0.29, 0.717) is 0 Å². The van der Waals surface area contributed by atoms with Crippen molar-refractivity contribution in [1.29, 1.82) is 0 Å². The molecule has 0 fully saturated rings. The second-order valence-electron chi connectivity index (χ2n) is 2.25. The van der Waals surface area contributed by atoms with E-state index in [0.717, 1.165) is 6.92 Å². The van der Waals surface area contributed by atoms with Gasteiger partial charge in [-0.3, -0.25) is 9.59 Å². The molecule has 1 unspecified atom stereocenters. The van der Waals surface area contributed by atoms with Crippen molar-refractivity contribution >= 4 is 58.4 Å². The molecule has 8 heteroatoms. The van der Waals surface area contributed by atoms with Crippen LogP contribution in [0.3, 0.4) is 0 Å². The van der Waals surface area contributed by atoms with Crippen LogP contribution >= 0.6 is 11.8 Å². The van der Waals surface area contributed by atoms with Crippen LogP contribution < -0.4 is 0 Å². The molecule has 0 aliphatic rings. The van der Waals surface area contributed by atoms with Gasteiger partial charge in [0.05, 0.1) is 6.42 Å². The van der Waals surface area contributed by atoms with E-state index in [4.69, 9.17) is 10.2 Å². The van der Waals surface area contributed by atoms with Crippen molar-refractivity contribution < 1.29 is 29.7 Å². The summed E-state index contributed by atoms with van der Waals surface area (Å²) in [7, 11) is 0. The fourth-order valence-electron chi connectivity index (χ4n) is 0.598. The van der Waals surface area contributed by atoms with Crippen LogP contribution in [-0.2, 0) is 14.4 Å². The predicted molar refractivity (Wildman–Crippen MR) is 50.3 cm³/mol. The first-order valence-electron chi connectivity index (χ1n) is 3.15. The average molecular weight is 232 g/mol. The van der Waals surface area contributed by atoms with Crippen molar-refractivity contribution in [3.63, 3.8) is 0 Å². The summed E-state index contributed by atoms with van der Waals surface area (Å²) >= 11 is 0.0746. The predicted octanol–water partition coefficient (Wildman–Crippen LogP) is -1.13. The summed E-state index contributed by atoms with van der Waals surface area (Å²) in [6.07, 6.45) is -1.02. The van der Waals surface area contributed by atoms with Gasteiger partial charge in [0.2, 0.25) is 4.93 Å². The fraction of sp³-hybridized carbons (Fsp3) is 0.500. The molecule has 14 heavy (non-hydrogen) atoms. The van der Waals surface area contributed by atoms with Gasteiger partial charge in [0.15, 0.2) is 5.12 Å². The molecule has 6 nitrogen and oxygen atoms in total. The van der Waals surface area contributed by atoms with Crippen molar-refractivity contribution in [2.24, 2.45) is 0 Å². The van der Waals surface area contributed by atoms with Crippen LogP contribution in [0, 0.1) is 0 Å². The molecule has 0 aliphatic carbocycles. The normalized spacial score (nSPS) is 13.6. The molecule has 0 aliphatic heterocycles. The number of rotatable bonds is 4. The van der Waals surface area contributed by atoms with Crippen LogP contribution in [0.25, 0.3) is 0 Å². The molecule has 0 aromatic rings. The van der Waals surface area contributed by atoms with E-state index in [-0.39, 0.29) is 41.3 Å². The van der Waals surface area contributed by atoms with E-state index in [2.05, 4.69) is 0 Å². The Morgan fingerprint density at radius 3 is 1.93 bits per heavy atom. The number of aliphatic carboxylic acids is 2. The molecule has 0 spiro atoms. The van der Waals surface area contributed by atoms with E-state index < -0.39 is 28.4 Å². The topological polar surface area (TPSA) is 112 Å². The zero-order chi connectivity index (χ0) is 10.6. The Bertz CT molecular complexity index is 237. The molecule has 1 atom stereocenters. The van der Waals surface area contributed by atoms with E-state index in [1.165, 1.54) is 0 Å². The van der Waals surface area contributed by atoms with Crippen molar-refractivity contribution in [1.82, 2.24) is 0 Å². The fourth-order valence-corrected chi connectivity index (χ4v) is 1.36. The van der Waals surface area contributed by atoms with Crippen molar-refractivity contribution in [3.8, 4) is 0 Å². The van der Waals surface area contributed by atoms with Crippen molar-refractivity contribution in [3.05, 3.63) is 0 Å². The first-order valence-corrected chi connectivity index (χ1v) is 3.97. The van der Waals surface area contributed by atoms with E-state index in [9.17, 15) is 19.5 Å². The molecule has 3 N–H and O–H groups in total. The van der Waals surface area contributed by atoms with Crippen LogP contribution in [0.5, 0.6) is 0 Å². The summed E-state index contributed by atoms with van der Waals surface area (Å²) < 4.78 is 0. The Hall–Kier alpha value is -0.0800. The Balaban J connectivity index is 0. The molecule has 0 radical (unpaired) electrons. The molecule has 0 aromatic heterocycles. The van der Waals surface area contributed by atoms with Gasteiger partial charge in [0.25, 0.3) is 0 Å². The summed E-state index contributed by atoms with van der Waals surface area (Å²) in [5, 5.41) is 25.2. The number of aliphatic hydroxyl groups is 1. The number of carboxylic acid groups (broad SMARTS) is 2. The maximum absolute atomic E-state index is 10.5. The third-order valence-corrected chi connectivity index (χ3v) is 1.98. The Morgan fingerprint density at radius 1 is 1.29 bits per heavy atom. The average Bonchev–Trinajstić information content (AvgIpc) is 1.82. The SMILES string of the molecule is CC(=O)SC(O)(CC(=O)O)C(=O)O.[NaH]. The molecule has 0 bridgehead atoms. The first kappa shape index (κ1) is 16.4. The monoisotopic (exact) mass is 232 g/mol. The molecule has 0 heterocycles. The minimum atomic E-state index is -2.57. The summed E-state index contributed by atoms with van der Waals surface area (Å²) in [5.41, 5.74) is 0. The molecule has 0 saturated carbocycles. The van der Waals surface area contributed by atoms with E-state index in [1.54, 1.807) is 0 Å². The molecular weight excluding hydrogens is 223 g/mol. The second kappa shape index (κ2) is 6.41. The summed E-state index contributed by atoms with van der Waals surface area (Å²) in [6.45, 7) is 1.04. The second-order valence-corrected chi connectivity index (χ2v) is 3.71.